The minimum Gasteiger partial charge on any atom is -0.369 e. The molecule has 1 fully saturated rings. The fourth-order valence-electron chi connectivity index (χ4n) is 4.97. The van der Waals surface area contributed by atoms with Crippen LogP contribution in [0.1, 0.15) is 49.8 Å². The molecule has 36 heavy (non-hydrogen) atoms. The molecule has 1 unspecified atom stereocenters. The van der Waals surface area contributed by atoms with E-state index in [0.717, 1.165) is 28.9 Å². The van der Waals surface area contributed by atoms with Gasteiger partial charge in [0.25, 0.3) is 5.91 Å². The van der Waals surface area contributed by atoms with Crippen LogP contribution >= 0.6 is 23.4 Å². The first-order valence-electron chi connectivity index (χ1n) is 12.2. The van der Waals surface area contributed by atoms with E-state index in [0.29, 0.717) is 27.6 Å². The highest BCUT2D eigenvalue weighted by Gasteiger charge is 2.36. The van der Waals surface area contributed by atoms with Crippen molar-refractivity contribution in [3.63, 3.8) is 0 Å². The summed E-state index contributed by atoms with van der Waals surface area (Å²) in [6.07, 6.45) is 2.98. The van der Waals surface area contributed by atoms with Crippen LogP contribution in [-0.4, -0.2) is 28.6 Å². The Labute approximate surface area is 222 Å². The Balaban J connectivity index is 1.53. The lowest BCUT2D eigenvalue weighted by atomic mass is 9.80. The Bertz CT molecular complexity index is 1350. The molecule has 1 amide bonds. The standard InChI is InChI=1S/C30H30ClN3OS/c1-20-18-30(2,3)33(4)26-17-25(31)22(15-24(20)26)16-27-28(35)34(19-21-11-7-5-8-12-21)29(36-27)32-23-13-9-6-10-14-23/h5-17,20H,18-19H2,1-4H3/b27-16+,32-29?. The van der Waals surface area contributed by atoms with Gasteiger partial charge in [0.1, 0.15) is 0 Å². The van der Waals surface area contributed by atoms with E-state index in [1.54, 1.807) is 4.90 Å². The van der Waals surface area contributed by atoms with Crippen LogP contribution in [0.15, 0.2) is 82.7 Å². The third kappa shape index (κ3) is 4.82. The molecule has 2 heterocycles. The van der Waals surface area contributed by atoms with Crippen LogP contribution in [0.25, 0.3) is 6.08 Å². The van der Waals surface area contributed by atoms with E-state index in [4.69, 9.17) is 16.6 Å². The molecule has 0 N–H and O–H groups in total. The first kappa shape index (κ1) is 24.7. The predicted molar refractivity (Wildman–Crippen MR) is 153 cm³/mol. The lowest BCUT2D eigenvalue weighted by molar-refractivity contribution is -0.122. The second kappa shape index (κ2) is 9.79. The zero-order valence-corrected chi connectivity index (χ0v) is 22.6. The molecule has 5 rings (SSSR count). The van der Waals surface area contributed by atoms with Gasteiger partial charge in [-0.2, -0.15) is 0 Å². The van der Waals surface area contributed by atoms with Crippen molar-refractivity contribution in [2.75, 3.05) is 11.9 Å². The van der Waals surface area contributed by atoms with Gasteiger partial charge in [-0.1, -0.05) is 67.1 Å². The van der Waals surface area contributed by atoms with Gasteiger partial charge in [-0.3, -0.25) is 9.69 Å². The summed E-state index contributed by atoms with van der Waals surface area (Å²) in [6.45, 7) is 7.25. The third-order valence-electron chi connectivity index (χ3n) is 7.09. The minimum absolute atomic E-state index is 0.0568. The summed E-state index contributed by atoms with van der Waals surface area (Å²) in [4.78, 5) is 23.1. The lowest BCUT2D eigenvalue weighted by Crippen LogP contribution is -2.45. The summed E-state index contributed by atoms with van der Waals surface area (Å²) in [5, 5.41) is 1.32. The number of hydrogen-bond donors (Lipinski definition) is 0. The molecule has 2 aliphatic heterocycles. The first-order valence-corrected chi connectivity index (χ1v) is 13.4. The van der Waals surface area contributed by atoms with Gasteiger partial charge in [-0.05, 0) is 85.0 Å². The fourth-order valence-corrected chi connectivity index (χ4v) is 6.17. The number of amidine groups is 1. The van der Waals surface area contributed by atoms with Gasteiger partial charge in [0.05, 0.1) is 17.1 Å². The van der Waals surface area contributed by atoms with Crippen LogP contribution in [0.2, 0.25) is 5.02 Å². The first-order chi connectivity index (χ1) is 17.2. The molecular weight excluding hydrogens is 486 g/mol. The van der Waals surface area contributed by atoms with Crippen molar-refractivity contribution in [1.29, 1.82) is 0 Å². The number of thioether (sulfide) groups is 1. The van der Waals surface area contributed by atoms with Gasteiger partial charge < -0.3 is 4.90 Å². The van der Waals surface area contributed by atoms with Gasteiger partial charge in [-0.15, -0.1) is 0 Å². The number of halogens is 1. The Morgan fingerprint density at radius 3 is 2.44 bits per heavy atom. The number of anilines is 1. The van der Waals surface area contributed by atoms with Crippen molar-refractivity contribution in [1.82, 2.24) is 4.90 Å². The Morgan fingerprint density at radius 1 is 1.08 bits per heavy atom. The molecule has 6 heteroatoms. The molecule has 1 saturated heterocycles. The number of hydrogen-bond acceptors (Lipinski definition) is 4. The fraction of sp³-hybridized carbons (Fsp3) is 0.267. The van der Waals surface area contributed by atoms with E-state index in [2.05, 4.69) is 38.8 Å². The number of rotatable bonds is 4. The summed E-state index contributed by atoms with van der Waals surface area (Å²) in [6, 6.07) is 24.0. The number of carbonyl (C=O) groups is 1. The highest BCUT2D eigenvalue weighted by Crippen LogP contribution is 2.45. The number of carbonyl (C=O) groups excluding carboxylic acids is 1. The number of fused-ring (bicyclic) bond motifs is 1. The van der Waals surface area contributed by atoms with E-state index < -0.39 is 0 Å². The Hall–Kier alpha value is -3.02. The van der Waals surface area contributed by atoms with Gasteiger partial charge in [0.15, 0.2) is 5.17 Å². The van der Waals surface area contributed by atoms with Gasteiger partial charge >= 0.3 is 0 Å². The number of aliphatic imine (C=N–C) groups is 1. The quantitative estimate of drug-likeness (QED) is 0.332. The molecule has 0 radical (unpaired) electrons. The topological polar surface area (TPSA) is 35.9 Å². The molecule has 3 aromatic rings. The minimum atomic E-state index is -0.0568. The van der Waals surface area contributed by atoms with Gasteiger partial charge in [0, 0.05) is 23.3 Å². The van der Waals surface area contributed by atoms with E-state index in [1.807, 2.05) is 72.8 Å². The van der Waals surface area contributed by atoms with Crippen LogP contribution in [0, 0.1) is 0 Å². The van der Waals surface area contributed by atoms with Crippen LogP contribution in [0.3, 0.4) is 0 Å². The molecule has 2 aliphatic rings. The van der Waals surface area contributed by atoms with Crippen molar-refractivity contribution in [2.45, 2.75) is 45.2 Å². The molecule has 0 saturated carbocycles. The van der Waals surface area contributed by atoms with Crippen molar-refractivity contribution in [3.05, 3.63) is 99.4 Å². The zero-order chi connectivity index (χ0) is 25.4. The molecule has 0 aromatic heterocycles. The van der Waals surface area contributed by atoms with Crippen molar-refractivity contribution >= 4 is 51.9 Å². The van der Waals surface area contributed by atoms with Crippen molar-refractivity contribution in [3.8, 4) is 0 Å². The number of benzene rings is 3. The van der Waals surface area contributed by atoms with Crippen molar-refractivity contribution < 1.29 is 4.79 Å². The second-order valence-corrected chi connectivity index (χ2v) is 11.5. The molecule has 3 aromatic carbocycles. The third-order valence-corrected chi connectivity index (χ3v) is 8.43. The predicted octanol–water partition coefficient (Wildman–Crippen LogP) is 7.87. The van der Waals surface area contributed by atoms with Crippen LogP contribution in [0.4, 0.5) is 11.4 Å². The molecular formula is C30H30ClN3OS. The second-order valence-electron chi connectivity index (χ2n) is 10.1. The van der Waals surface area contributed by atoms with E-state index in [9.17, 15) is 4.79 Å². The number of amides is 1. The van der Waals surface area contributed by atoms with E-state index in [1.165, 1.54) is 17.3 Å². The average molecular weight is 516 g/mol. The van der Waals surface area contributed by atoms with E-state index in [-0.39, 0.29) is 11.4 Å². The normalized spacial score (nSPS) is 21.4. The zero-order valence-electron chi connectivity index (χ0n) is 21.0. The summed E-state index contributed by atoms with van der Waals surface area (Å²) >= 11 is 8.19. The molecule has 4 nitrogen and oxygen atoms in total. The monoisotopic (exact) mass is 515 g/mol. The van der Waals surface area contributed by atoms with Crippen LogP contribution in [-0.2, 0) is 11.3 Å². The maximum absolute atomic E-state index is 13.6. The summed E-state index contributed by atoms with van der Waals surface area (Å²) in [7, 11) is 2.13. The highest BCUT2D eigenvalue weighted by atomic mass is 35.5. The average Bonchev–Trinajstić information content (AvgIpc) is 3.13. The Kier molecular flexibility index (Phi) is 6.71. The Morgan fingerprint density at radius 2 is 1.75 bits per heavy atom. The van der Waals surface area contributed by atoms with Gasteiger partial charge in [-0.25, -0.2) is 4.99 Å². The van der Waals surface area contributed by atoms with Gasteiger partial charge in [0.2, 0.25) is 0 Å². The SMILES string of the molecule is CC1CC(C)(C)N(C)c2cc(Cl)c(/C=C3/SC(=Nc4ccccc4)N(Cc4ccccc4)C3=O)cc21. The largest absolute Gasteiger partial charge is 0.369 e. The van der Waals surface area contributed by atoms with Crippen LogP contribution in [0.5, 0.6) is 0 Å². The lowest BCUT2D eigenvalue weighted by Gasteiger charge is -2.45. The summed E-state index contributed by atoms with van der Waals surface area (Å²) in [5.74, 6) is 0.343. The molecule has 1 atom stereocenters. The summed E-state index contributed by atoms with van der Waals surface area (Å²) in [5.41, 5.74) is 5.23. The number of para-hydroxylation sites is 1. The number of nitrogens with zero attached hydrogens (tertiary/aromatic N) is 3. The van der Waals surface area contributed by atoms with Crippen LogP contribution < -0.4 is 4.90 Å². The maximum atomic E-state index is 13.6. The smallest absolute Gasteiger partial charge is 0.267 e. The maximum Gasteiger partial charge on any atom is 0.267 e. The molecule has 0 spiro atoms. The van der Waals surface area contributed by atoms with Crippen molar-refractivity contribution in [2.24, 2.45) is 4.99 Å². The summed E-state index contributed by atoms with van der Waals surface area (Å²) < 4.78 is 0. The van der Waals surface area contributed by atoms with E-state index >= 15 is 0 Å². The molecule has 0 aliphatic carbocycles. The molecule has 0 bridgehead atoms. The highest BCUT2D eigenvalue weighted by molar-refractivity contribution is 8.18. The molecule has 184 valence electrons.